The van der Waals surface area contributed by atoms with Gasteiger partial charge in [0, 0.05) is 23.2 Å². The van der Waals surface area contributed by atoms with Crippen molar-refractivity contribution in [2.45, 2.75) is 26.5 Å². The Bertz CT molecular complexity index is 747. The van der Waals surface area contributed by atoms with Crippen LogP contribution < -0.4 is 4.74 Å². The molecule has 1 heterocycles. The van der Waals surface area contributed by atoms with Crippen LogP contribution in [-0.4, -0.2) is 4.57 Å². The smallest absolute Gasteiger partial charge is 0.125 e. The van der Waals surface area contributed by atoms with Gasteiger partial charge < -0.3 is 9.30 Å². The molecule has 0 N–H and O–H groups in total. The van der Waals surface area contributed by atoms with Gasteiger partial charge in [-0.25, -0.2) is 4.39 Å². The second-order valence-corrected chi connectivity index (χ2v) is 5.42. The van der Waals surface area contributed by atoms with Crippen LogP contribution in [0.15, 0.2) is 54.7 Å². The van der Waals surface area contributed by atoms with Gasteiger partial charge in [-0.1, -0.05) is 18.2 Å². The summed E-state index contributed by atoms with van der Waals surface area (Å²) in [5.41, 5.74) is 1.99. The third-order valence-corrected chi connectivity index (χ3v) is 3.57. The van der Waals surface area contributed by atoms with E-state index in [1.807, 2.05) is 36.4 Å². The second kappa shape index (κ2) is 5.60. The lowest BCUT2D eigenvalue weighted by Crippen LogP contribution is -1.98. The number of benzene rings is 2. The highest BCUT2D eigenvalue weighted by Gasteiger charge is 2.12. The van der Waals surface area contributed by atoms with Crippen molar-refractivity contribution in [3.05, 3.63) is 66.1 Å². The number of ether oxygens (including phenoxy) is 1. The van der Waals surface area contributed by atoms with Crippen LogP contribution in [0.5, 0.6) is 5.75 Å². The van der Waals surface area contributed by atoms with E-state index in [-0.39, 0.29) is 11.9 Å². The summed E-state index contributed by atoms with van der Waals surface area (Å²) < 4.78 is 21.4. The van der Waals surface area contributed by atoms with E-state index in [4.69, 9.17) is 4.74 Å². The molecule has 2 nitrogen and oxygen atoms in total. The first-order valence-corrected chi connectivity index (χ1v) is 7.12. The molecule has 0 unspecified atom stereocenters. The van der Waals surface area contributed by atoms with Gasteiger partial charge in [-0.2, -0.15) is 0 Å². The van der Waals surface area contributed by atoms with Gasteiger partial charge in [-0.05, 0) is 44.2 Å². The number of rotatable bonds is 4. The lowest BCUT2D eigenvalue weighted by atomic mass is 10.2. The molecular weight excluding hydrogens is 265 g/mol. The normalized spacial score (nSPS) is 11.2. The molecule has 0 radical (unpaired) electrons. The lowest BCUT2D eigenvalue weighted by molar-refractivity contribution is 0.307. The molecule has 0 aliphatic heterocycles. The third kappa shape index (κ3) is 2.77. The predicted molar refractivity (Wildman–Crippen MR) is 83.1 cm³/mol. The van der Waals surface area contributed by atoms with Crippen LogP contribution in [0.3, 0.4) is 0 Å². The van der Waals surface area contributed by atoms with Gasteiger partial charge in [0.2, 0.25) is 0 Å². The average Bonchev–Trinajstić information content (AvgIpc) is 2.84. The Kier molecular flexibility index (Phi) is 3.65. The maximum Gasteiger partial charge on any atom is 0.125 e. The zero-order valence-electron chi connectivity index (χ0n) is 12.2. The number of hydrogen-bond acceptors (Lipinski definition) is 1. The van der Waals surface area contributed by atoms with Crippen molar-refractivity contribution in [3.63, 3.8) is 0 Å². The molecule has 3 aromatic rings. The molecule has 3 rings (SSSR count). The minimum atomic E-state index is -0.210. The molecule has 0 saturated heterocycles. The Morgan fingerprint density at radius 3 is 2.57 bits per heavy atom. The number of hydrogen-bond donors (Lipinski definition) is 0. The lowest BCUT2D eigenvalue weighted by Gasteiger charge is -2.08. The van der Waals surface area contributed by atoms with Gasteiger partial charge in [-0.15, -0.1) is 0 Å². The summed E-state index contributed by atoms with van der Waals surface area (Å²) in [5, 5.41) is 1.04. The summed E-state index contributed by atoms with van der Waals surface area (Å²) in [6.45, 7) is 4.66. The van der Waals surface area contributed by atoms with Gasteiger partial charge in [0.1, 0.15) is 18.2 Å². The number of para-hydroxylation sites is 1. The Morgan fingerprint density at radius 1 is 1.10 bits per heavy atom. The average molecular weight is 283 g/mol. The zero-order chi connectivity index (χ0) is 14.8. The Morgan fingerprint density at radius 2 is 1.86 bits per heavy atom. The van der Waals surface area contributed by atoms with Crippen molar-refractivity contribution in [3.8, 4) is 5.75 Å². The van der Waals surface area contributed by atoms with Crippen molar-refractivity contribution in [1.82, 2.24) is 4.57 Å². The third-order valence-electron chi connectivity index (χ3n) is 3.57. The van der Waals surface area contributed by atoms with E-state index >= 15 is 0 Å². The Labute approximate surface area is 123 Å². The minimum Gasteiger partial charge on any atom is -0.489 e. The summed E-state index contributed by atoms with van der Waals surface area (Å²) in [7, 11) is 0. The van der Waals surface area contributed by atoms with Crippen LogP contribution in [0.25, 0.3) is 10.9 Å². The van der Waals surface area contributed by atoms with Gasteiger partial charge in [0.25, 0.3) is 0 Å². The fourth-order valence-electron chi connectivity index (χ4n) is 2.52. The molecular formula is C18H18FNO. The maximum absolute atomic E-state index is 13.5. The van der Waals surface area contributed by atoms with Gasteiger partial charge in [0.05, 0.1) is 5.52 Å². The van der Waals surface area contributed by atoms with E-state index in [9.17, 15) is 4.39 Å². The SMILES string of the molecule is CC(C)n1cc(COc2ccccc2)c2ccc(F)cc21. The van der Waals surface area contributed by atoms with Crippen molar-refractivity contribution in [1.29, 1.82) is 0 Å². The van der Waals surface area contributed by atoms with Gasteiger partial charge in [-0.3, -0.25) is 0 Å². The maximum atomic E-state index is 13.5. The molecule has 0 spiro atoms. The largest absolute Gasteiger partial charge is 0.489 e. The molecule has 0 aliphatic rings. The van der Waals surface area contributed by atoms with Crippen molar-refractivity contribution in [2.75, 3.05) is 0 Å². The van der Waals surface area contributed by atoms with E-state index in [1.165, 1.54) is 6.07 Å². The van der Waals surface area contributed by atoms with Gasteiger partial charge in [0.15, 0.2) is 0 Å². The number of aromatic nitrogens is 1. The summed E-state index contributed by atoms with van der Waals surface area (Å²) in [6, 6.07) is 14.9. The predicted octanol–water partition coefficient (Wildman–Crippen LogP) is 4.94. The summed E-state index contributed by atoms with van der Waals surface area (Å²) in [5.74, 6) is 0.628. The second-order valence-electron chi connectivity index (χ2n) is 5.42. The number of fused-ring (bicyclic) bond motifs is 1. The highest BCUT2D eigenvalue weighted by molar-refractivity contribution is 5.84. The summed E-state index contributed by atoms with van der Waals surface area (Å²) in [4.78, 5) is 0. The molecule has 0 atom stereocenters. The van der Waals surface area contributed by atoms with Crippen molar-refractivity contribution >= 4 is 10.9 Å². The fraction of sp³-hybridized carbons (Fsp3) is 0.222. The van der Waals surface area contributed by atoms with Crippen LogP contribution in [-0.2, 0) is 6.61 Å². The highest BCUT2D eigenvalue weighted by Crippen LogP contribution is 2.26. The van der Waals surface area contributed by atoms with Crippen LogP contribution >= 0.6 is 0 Å². The summed E-state index contributed by atoms with van der Waals surface area (Å²) >= 11 is 0. The molecule has 0 fully saturated rings. The molecule has 21 heavy (non-hydrogen) atoms. The van der Waals surface area contributed by atoms with Crippen molar-refractivity contribution < 1.29 is 9.13 Å². The first-order valence-electron chi connectivity index (χ1n) is 7.12. The first-order chi connectivity index (χ1) is 10.1. The van der Waals surface area contributed by atoms with E-state index in [0.29, 0.717) is 6.61 Å². The van der Waals surface area contributed by atoms with Gasteiger partial charge >= 0.3 is 0 Å². The molecule has 108 valence electrons. The van der Waals surface area contributed by atoms with Crippen LogP contribution in [0, 0.1) is 5.82 Å². The molecule has 1 aromatic heterocycles. The Hall–Kier alpha value is -2.29. The Balaban J connectivity index is 1.95. The molecule has 0 saturated carbocycles. The summed E-state index contributed by atoms with van der Waals surface area (Å²) in [6.07, 6.45) is 2.05. The quantitative estimate of drug-likeness (QED) is 0.661. The molecule has 3 heteroatoms. The fourth-order valence-corrected chi connectivity index (χ4v) is 2.52. The number of halogens is 1. The zero-order valence-corrected chi connectivity index (χ0v) is 12.2. The standard InChI is InChI=1S/C18H18FNO/c1-13(2)20-11-14(12-21-16-6-4-3-5-7-16)17-9-8-15(19)10-18(17)20/h3-11,13H,12H2,1-2H3. The van der Waals surface area contributed by atoms with E-state index in [0.717, 1.165) is 22.2 Å². The highest BCUT2D eigenvalue weighted by atomic mass is 19.1. The van der Waals surface area contributed by atoms with E-state index < -0.39 is 0 Å². The molecule has 0 bridgehead atoms. The van der Waals surface area contributed by atoms with Crippen LogP contribution in [0.1, 0.15) is 25.5 Å². The molecule has 0 aliphatic carbocycles. The molecule has 2 aromatic carbocycles. The van der Waals surface area contributed by atoms with E-state index in [1.54, 1.807) is 6.07 Å². The van der Waals surface area contributed by atoms with Crippen molar-refractivity contribution in [2.24, 2.45) is 0 Å². The monoisotopic (exact) mass is 283 g/mol. The minimum absolute atomic E-state index is 0.210. The van der Waals surface area contributed by atoms with E-state index in [2.05, 4.69) is 24.6 Å². The topological polar surface area (TPSA) is 14.2 Å². The van der Waals surface area contributed by atoms with Crippen LogP contribution in [0.2, 0.25) is 0 Å². The molecule has 0 amide bonds. The number of nitrogens with zero attached hydrogens (tertiary/aromatic N) is 1. The first kappa shape index (κ1) is 13.7. The van der Waals surface area contributed by atoms with Crippen LogP contribution in [0.4, 0.5) is 4.39 Å².